The minimum Gasteiger partial charge on any atom is -0.478 e. The molecule has 0 spiro atoms. The smallest absolute Gasteiger partial charge is 0.269 e. The molecule has 6 heteroatoms. The maximum absolute atomic E-state index is 12.2. The predicted octanol–water partition coefficient (Wildman–Crippen LogP) is 4.72. The van der Waals surface area contributed by atoms with Crippen molar-refractivity contribution in [3.05, 3.63) is 81.3 Å². The summed E-state index contributed by atoms with van der Waals surface area (Å²) in [7, 11) is 0. The highest BCUT2D eigenvalue weighted by Crippen LogP contribution is 2.43. The second kappa shape index (κ2) is 7.33. The number of ether oxygens (including phenoxy) is 1. The van der Waals surface area contributed by atoms with E-state index in [0.29, 0.717) is 11.5 Å². The van der Waals surface area contributed by atoms with E-state index in [1.54, 1.807) is 30.0 Å². The Kier molecular flexibility index (Phi) is 5.13. The summed E-state index contributed by atoms with van der Waals surface area (Å²) in [6, 6.07) is 15.7. The fourth-order valence-electron chi connectivity index (χ4n) is 2.76. The minimum absolute atomic E-state index is 0.00836. The van der Waals surface area contributed by atoms with Crippen molar-refractivity contribution < 1.29 is 14.5 Å². The van der Waals surface area contributed by atoms with Gasteiger partial charge < -0.3 is 4.74 Å². The van der Waals surface area contributed by atoms with E-state index >= 15 is 0 Å². The number of hydrogen-bond donors (Lipinski definition) is 0. The Balaban J connectivity index is 2.00. The van der Waals surface area contributed by atoms with Crippen molar-refractivity contribution >= 4 is 23.2 Å². The summed E-state index contributed by atoms with van der Waals surface area (Å²) >= 11 is 1.61. The summed E-state index contributed by atoms with van der Waals surface area (Å²) < 4.78 is 6.28. The number of nitro groups is 1. The zero-order valence-corrected chi connectivity index (χ0v) is 15.4. The Hall–Kier alpha value is -2.60. The lowest BCUT2D eigenvalue weighted by Crippen LogP contribution is -2.33. The lowest BCUT2D eigenvalue weighted by molar-refractivity contribution is -0.384. The van der Waals surface area contributed by atoms with Gasteiger partial charge in [0.2, 0.25) is 0 Å². The maximum atomic E-state index is 12.2. The highest BCUT2D eigenvalue weighted by molar-refractivity contribution is 8.03. The quantitative estimate of drug-likeness (QED) is 0.563. The van der Waals surface area contributed by atoms with Gasteiger partial charge in [-0.1, -0.05) is 37.3 Å². The van der Waals surface area contributed by atoms with E-state index in [1.165, 1.54) is 12.1 Å². The van der Waals surface area contributed by atoms with Crippen molar-refractivity contribution in [2.75, 3.05) is 5.75 Å². The van der Waals surface area contributed by atoms with Crippen LogP contribution in [0.3, 0.4) is 0 Å². The van der Waals surface area contributed by atoms with Gasteiger partial charge in [-0.05, 0) is 25.1 Å². The third-order valence-electron chi connectivity index (χ3n) is 4.41. The van der Waals surface area contributed by atoms with E-state index in [2.05, 4.69) is 0 Å². The monoisotopic (exact) mass is 369 g/mol. The fourth-order valence-corrected chi connectivity index (χ4v) is 3.99. The van der Waals surface area contributed by atoms with Crippen LogP contribution < -0.4 is 4.74 Å². The summed E-state index contributed by atoms with van der Waals surface area (Å²) in [5.41, 5.74) is 0.0752. The summed E-state index contributed by atoms with van der Waals surface area (Å²) in [6.07, 6.45) is 1.66. The van der Waals surface area contributed by atoms with Crippen molar-refractivity contribution in [2.24, 2.45) is 5.92 Å². The number of nitro benzene ring substituents is 1. The highest BCUT2D eigenvalue weighted by atomic mass is 32.2. The van der Waals surface area contributed by atoms with Crippen LogP contribution in [-0.4, -0.2) is 16.5 Å². The van der Waals surface area contributed by atoms with Crippen LogP contribution in [0.5, 0.6) is 5.75 Å². The number of benzene rings is 2. The molecule has 2 aromatic carbocycles. The molecular weight excluding hydrogens is 350 g/mol. The van der Waals surface area contributed by atoms with Gasteiger partial charge in [-0.15, -0.1) is 11.8 Å². The average Bonchev–Trinajstić information content (AvgIpc) is 2.65. The van der Waals surface area contributed by atoms with Crippen molar-refractivity contribution in [2.45, 2.75) is 19.4 Å². The van der Waals surface area contributed by atoms with Crippen LogP contribution in [0, 0.1) is 16.0 Å². The molecule has 2 aromatic rings. The van der Waals surface area contributed by atoms with Gasteiger partial charge in [0.1, 0.15) is 5.75 Å². The van der Waals surface area contributed by atoms with Gasteiger partial charge >= 0.3 is 0 Å². The molecular formula is C20H19NO4S. The predicted molar refractivity (Wildman–Crippen MR) is 102 cm³/mol. The first-order valence-electron chi connectivity index (χ1n) is 8.28. The van der Waals surface area contributed by atoms with Crippen LogP contribution >= 0.6 is 11.8 Å². The van der Waals surface area contributed by atoms with E-state index in [-0.39, 0.29) is 17.4 Å². The second-order valence-corrected chi connectivity index (χ2v) is 7.44. The Morgan fingerprint density at radius 1 is 1.15 bits per heavy atom. The molecule has 1 aliphatic rings. The number of carbonyl (C=O) groups is 1. The molecule has 0 aliphatic carbocycles. The van der Waals surface area contributed by atoms with Gasteiger partial charge in [-0.25, -0.2) is 0 Å². The van der Waals surface area contributed by atoms with E-state index < -0.39 is 10.5 Å². The van der Waals surface area contributed by atoms with Crippen LogP contribution in [-0.2, 0) is 10.4 Å². The first kappa shape index (κ1) is 18.2. The van der Waals surface area contributed by atoms with Gasteiger partial charge in [0.05, 0.1) is 4.92 Å². The minimum atomic E-state index is -0.849. The first-order chi connectivity index (χ1) is 12.4. The van der Waals surface area contributed by atoms with Crippen molar-refractivity contribution in [3.63, 3.8) is 0 Å². The van der Waals surface area contributed by atoms with Crippen LogP contribution in [0.1, 0.15) is 19.4 Å². The summed E-state index contributed by atoms with van der Waals surface area (Å²) in [4.78, 5) is 23.5. The summed E-state index contributed by atoms with van der Waals surface area (Å²) in [5, 5.41) is 10.8. The van der Waals surface area contributed by atoms with Crippen LogP contribution in [0.4, 0.5) is 5.69 Å². The Labute approximate surface area is 156 Å². The van der Waals surface area contributed by atoms with Crippen LogP contribution in [0.2, 0.25) is 0 Å². The Morgan fingerprint density at radius 3 is 2.38 bits per heavy atom. The van der Waals surface area contributed by atoms with E-state index in [4.69, 9.17) is 4.74 Å². The molecule has 1 aliphatic heterocycles. The third kappa shape index (κ3) is 3.65. The number of nitrogens with zero attached hydrogens (tertiary/aromatic N) is 1. The topological polar surface area (TPSA) is 69.4 Å². The zero-order valence-electron chi connectivity index (χ0n) is 14.5. The van der Waals surface area contributed by atoms with Crippen LogP contribution in [0.15, 0.2) is 65.6 Å². The number of thioether (sulfide) groups is 1. The molecule has 0 aromatic heterocycles. The Morgan fingerprint density at radius 2 is 1.81 bits per heavy atom. The van der Waals surface area contributed by atoms with Crippen molar-refractivity contribution in [3.8, 4) is 5.75 Å². The molecule has 26 heavy (non-hydrogen) atoms. The molecule has 3 rings (SSSR count). The first-order valence-corrected chi connectivity index (χ1v) is 9.26. The lowest BCUT2D eigenvalue weighted by Gasteiger charge is -2.35. The van der Waals surface area contributed by atoms with Gasteiger partial charge in [0.25, 0.3) is 5.69 Å². The van der Waals surface area contributed by atoms with Gasteiger partial charge in [0.15, 0.2) is 11.4 Å². The molecule has 1 heterocycles. The number of allylic oxidation sites excluding steroid dienone is 1. The molecule has 0 saturated carbocycles. The largest absolute Gasteiger partial charge is 0.478 e. The van der Waals surface area contributed by atoms with Crippen molar-refractivity contribution in [1.29, 1.82) is 0 Å². The number of ketones is 1. The fraction of sp³-hybridized carbons (Fsp3) is 0.250. The molecule has 0 fully saturated rings. The lowest BCUT2D eigenvalue weighted by atomic mass is 9.93. The van der Waals surface area contributed by atoms with E-state index in [1.807, 2.05) is 44.2 Å². The SMILES string of the molecule is CC1CSC(C(C)(Oc2ccc([N+](=O)[O-])cc2)c2ccccc2)=CC1=O. The highest BCUT2D eigenvalue weighted by Gasteiger charge is 2.37. The van der Waals surface area contributed by atoms with E-state index in [0.717, 1.165) is 10.5 Å². The van der Waals surface area contributed by atoms with Crippen molar-refractivity contribution in [1.82, 2.24) is 0 Å². The number of rotatable bonds is 5. The van der Waals surface area contributed by atoms with Gasteiger partial charge in [0, 0.05) is 34.3 Å². The van der Waals surface area contributed by atoms with E-state index in [9.17, 15) is 14.9 Å². The second-order valence-electron chi connectivity index (χ2n) is 6.38. The van der Waals surface area contributed by atoms with Crippen LogP contribution in [0.25, 0.3) is 0 Å². The molecule has 0 saturated heterocycles. The number of carbonyl (C=O) groups excluding carboxylic acids is 1. The molecule has 0 amide bonds. The zero-order chi connectivity index (χ0) is 18.7. The molecule has 2 atom stereocenters. The molecule has 2 unspecified atom stereocenters. The standard InChI is InChI=1S/C20H19NO4S/c1-14-13-26-19(12-18(14)22)20(2,15-6-4-3-5-7-15)25-17-10-8-16(9-11-17)21(23)24/h3-12,14H,13H2,1-2H3. The number of non-ortho nitro benzene ring substituents is 1. The normalized spacial score (nSPS) is 19.4. The molecule has 0 radical (unpaired) electrons. The number of hydrogen-bond acceptors (Lipinski definition) is 5. The Bertz CT molecular complexity index is 848. The molecule has 0 bridgehead atoms. The third-order valence-corrected chi connectivity index (χ3v) is 5.90. The molecule has 134 valence electrons. The van der Waals surface area contributed by atoms with Gasteiger partial charge in [-0.3, -0.25) is 14.9 Å². The maximum Gasteiger partial charge on any atom is 0.269 e. The van der Waals surface area contributed by atoms with Gasteiger partial charge in [-0.2, -0.15) is 0 Å². The molecule has 0 N–H and O–H groups in total. The summed E-state index contributed by atoms with van der Waals surface area (Å²) in [5.74, 6) is 1.29. The summed E-state index contributed by atoms with van der Waals surface area (Å²) in [6.45, 7) is 3.84. The average molecular weight is 369 g/mol. The molecule has 5 nitrogen and oxygen atoms in total.